The van der Waals surface area contributed by atoms with Crippen LogP contribution in [0, 0.1) is 17.8 Å². The van der Waals surface area contributed by atoms with Crippen molar-refractivity contribution in [2.24, 2.45) is 23.5 Å². The van der Waals surface area contributed by atoms with Crippen LogP contribution >= 0.6 is 0 Å². The minimum Gasteiger partial charge on any atom is -0.327 e. The van der Waals surface area contributed by atoms with Gasteiger partial charge in [0.1, 0.15) is 0 Å². The van der Waals surface area contributed by atoms with Crippen molar-refractivity contribution in [3.8, 4) is 0 Å². The largest absolute Gasteiger partial charge is 0.327 e. The molecule has 2 fully saturated rings. The molecule has 0 amide bonds. The van der Waals surface area contributed by atoms with E-state index >= 15 is 0 Å². The van der Waals surface area contributed by atoms with Gasteiger partial charge in [0.05, 0.1) is 0 Å². The fourth-order valence-corrected chi connectivity index (χ4v) is 3.36. The molecule has 0 bridgehead atoms. The van der Waals surface area contributed by atoms with Crippen LogP contribution < -0.4 is 5.73 Å². The summed E-state index contributed by atoms with van der Waals surface area (Å²) in [6.07, 6.45) is 10.3. The third-order valence-corrected chi connectivity index (χ3v) is 4.11. The highest BCUT2D eigenvalue weighted by molar-refractivity contribution is 4.97. The molecule has 0 saturated heterocycles. The Bertz CT molecular complexity index is 188. The molecule has 0 radical (unpaired) electrons. The Morgan fingerprint density at radius 3 is 2.38 bits per heavy atom. The van der Waals surface area contributed by atoms with Crippen LogP contribution in [0.15, 0.2) is 12.7 Å². The number of nitrogens with two attached hydrogens (primary N) is 1. The Hall–Kier alpha value is -0.300. The summed E-state index contributed by atoms with van der Waals surface area (Å²) in [4.78, 5) is 0. The number of hydrogen-bond donors (Lipinski definition) is 1. The lowest BCUT2D eigenvalue weighted by molar-refractivity contribution is 0.109. The second-order valence-electron chi connectivity index (χ2n) is 4.75. The van der Waals surface area contributed by atoms with Crippen molar-refractivity contribution < 1.29 is 0 Å². The molecule has 4 unspecified atom stereocenters. The smallest absolute Gasteiger partial charge is 0.00702 e. The Morgan fingerprint density at radius 2 is 1.69 bits per heavy atom. The van der Waals surface area contributed by atoms with Crippen LogP contribution in [0.2, 0.25) is 0 Å². The van der Waals surface area contributed by atoms with Crippen molar-refractivity contribution in [1.82, 2.24) is 0 Å². The fraction of sp³-hybridized carbons (Fsp3) is 0.833. The Morgan fingerprint density at radius 1 is 1.00 bits per heavy atom. The van der Waals surface area contributed by atoms with E-state index in [2.05, 4.69) is 12.7 Å². The van der Waals surface area contributed by atoms with E-state index in [4.69, 9.17) is 5.73 Å². The van der Waals surface area contributed by atoms with Crippen LogP contribution in [0.4, 0.5) is 0 Å². The predicted octanol–water partition coefficient (Wildman–Crippen LogP) is 2.72. The first kappa shape index (κ1) is 9.26. The van der Waals surface area contributed by atoms with Gasteiger partial charge in [-0.3, -0.25) is 0 Å². The van der Waals surface area contributed by atoms with Gasteiger partial charge in [0.25, 0.3) is 0 Å². The average Bonchev–Trinajstić information content (AvgIpc) is 2.19. The molecule has 2 saturated carbocycles. The van der Waals surface area contributed by atoms with Gasteiger partial charge in [-0.2, -0.15) is 0 Å². The molecule has 2 rings (SSSR count). The van der Waals surface area contributed by atoms with E-state index in [9.17, 15) is 0 Å². The number of hydrogen-bond acceptors (Lipinski definition) is 1. The van der Waals surface area contributed by atoms with E-state index < -0.39 is 0 Å². The summed E-state index contributed by atoms with van der Waals surface area (Å²) in [5.41, 5.74) is 6.17. The molecule has 2 aliphatic rings. The molecule has 0 spiro atoms. The minimum atomic E-state index is 0.487. The van der Waals surface area contributed by atoms with E-state index in [1.165, 1.54) is 38.5 Å². The van der Waals surface area contributed by atoms with Gasteiger partial charge in [-0.15, -0.1) is 6.58 Å². The van der Waals surface area contributed by atoms with Gasteiger partial charge in [-0.25, -0.2) is 0 Å². The summed E-state index contributed by atoms with van der Waals surface area (Å²) in [5, 5.41) is 0. The third-order valence-electron chi connectivity index (χ3n) is 4.11. The van der Waals surface area contributed by atoms with Crippen LogP contribution in [0.1, 0.15) is 38.5 Å². The molecule has 1 nitrogen and oxygen atoms in total. The van der Waals surface area contributed by atoms with Crippen molar-refractivity contribution in [1.29, 1.82) is 0 Å². The van der Waals surface area contributed by atoms with Crippen LogP contribution in [0.25, 0.3) is 0 Å². The van der Waals surface area contributed by atoms with E-state index in [1.54, 1.807) is 0 Å². The van der Waals surface area contributed by atoms with E-state index in [1.807, 2.05) is 0 Å². The Labute approximate surface area is 81.4 Å². The summed E-state index contributed by atoms with van der Waals surface area (Å²) >= 11 is 0. The summed E-state index contributed by atoms with van der Waals surface area (Å²) in [5.74, 6) is 2.45. The maximum absolute atomic E-state index is 6.17. The number of fused-ring (bicyclic) bond motifs is 1. The molecule has 0 aromatic rings. The first-order valence-corrected chi connectivity index (χ1v) is 5.71. The van der Waals surface area contributed by atoms with Crippen molar-refractivity contribution in [3.05, 3.63) is 12.7 Å². The zero-order valence-corrected chi connectivity index (χ0v) is 8.41. The van der Waals surface area contributed by atoms with Crippen LogP contribution in [0.3, 0.4) is 0 Å². The Kier molecular flexibility index (Phi) is 2.73. The first-order chi connectivity index (χ1) is 6.33. The fourth-order valence-electron chi connectivity index (χ4n) is 3.36. The quantitative estimate of drug-likeness (QED) is 0.615. The molecule has 2 N–H and O–H groups in total. The van der Waals surface area contributed by atoms with Gasteiger partial charge < -0.3 is 5.73 Å². The highest BCUT2D eigenvalue weighted by Gasteiger charge is 2.37. The van der Waals surface area contributed by atoms with Crippen LogP contribution in [0.5, 0.6) is 0 Å². The van der Waals surface area contributed by atoms with Crippen molar-refractivity contribution >= 4 is 0 Å². The van der Waals surface area contributed by atoms with Gasteiger partial charge in [0.2, 0.25) is 0 Å². The zero-order valence-electron chi connectivity index (χ0n) is 8.41. The van der Waals surface area contributed by atoms with Crippen molar-refractivity contribution in [2.75, 3.05) is 0 Å². The summed E-state index contributed by atoms with van der Waals surface area (Å²) in [7, 11) is 0. The van der Waals surface area contributed by atoms with E-state index in [0.29, 0.717) is 6.04 Å². The van der Waals surface area contributed by atoms with Gasteiger partial charge in [-0.05, 0) is 43.4 Å². The second-order valence-corrected chi connectivity index (χ2v) is 4.75. The molecule has 13 heavy (non-hydrogen) atoms. The molecule has 1 heteroatoms. The average molecular weight is 179 g/mol. The molecule has 0 aromatic carbocycles. The lowest BCUT2D eigenvalue weighted by Crippen LogP contribution is -2.43. The van der Waals surface area contributed by atoms with Gasteiger partial charge in [-0.1, -0.05) is 18.9 Å². The molecular formula is C12H21N. The summed E-state index contributed by atoms with van der Waals surface area (Å²) < 4.78 is 0. The number of allylic oxidation sites excluding steroid dienone is 1. The standard InChI is InChI=1S/C12H21N/c1-2-9-7-8-12(13)11-6-4-3-5-10(9)11/h2,9-12H,1,3-8,13H2. The summed E-state index contributed by atoms with van der Waals surface area (Å²) in [6.45, 7) is 3.96. The van der Waals surface area contributed by atoms with Crippen LogP contribution in [-0.2, 0) is 0 Å². The predicted molar refractivity (Wildman–Crippen MR) is 56.3 cm³/mol. The lowest BCUT2D eigenvalue weighted by atomic mass is 9.64. The summed E-state index contributed by atoms with van der Waals surface area (Å²) in [6, 6.07) is 0.487. The second kappa shape index (κ2) is 3.83. The Balaban J connectivity index is 2.09. The number of rotatable bonds is 1. The third kappa shape index (κ3) is 1.67. The monoisotopic (exact) mass is 179 g/mol. The highest BCUT2D eigenvalue weighted by Crippen LogP contribution is 2.43. The zero-order chi connectivity index (χ0) is 9.26. The molecule has 0 aliphatic heterocycles. The van der Waals surface area contributed by atoms with Crippen molar-refractivity contribution in [2.45, 2.75) is 44.6 Å². The van der Waals surface area contributed by atoms with Gasteiger partial charge >= 0.3 is 0 Å². The SMILES string of the molecule is C=CC1CCC(N)C2CCCCC12. The lowest BCUT2D eigenvalue weighted by Gasteiger charge is -2.43. The normalized spacial score (nSPS) is 45.3. The van der Waals surface area contributed by atoms with E-state index in [-0.39, 0.29) is 0 Å². The molecule has 0 heterocycles. The van der Waals surface area contributed by atoms with Crippen LogP contribution in [-0.4, -0.2) is 6.04 Å². The topological polar surface area (TPSA) is 26.0 Å². The maximum atomic E-state index is 6.17. The molecule has 74 valence electrons. The van der Waals surface area contributed by atoms with Gasteiger partial charge in [0.15, 0.2) is 0 Å². The molecular weight excluding hydrogens is 158 g/mol. The van der Waals surface area contributed by atoms with E-state index in [0.717, 1.165) is 17.8 Å². The molecule has 4 atom stereocenters. The van der Waals surface area contributed by atoms with Crippen molar-refractivity contribution in [3.63, 3.8) is 0 Å². The minimum absolute atomic E-state index is 0.487. The first-order valence-electron chi connectivity index (χ1n) is 5.71. The maximum Gasteiger partial charge on any atom is 0.00702 e. The van der Waals surface area contributed by atoms with Gasteiger partial charge in [0, 0.05) is 6.04 Å². The highest BCUT2D eigenvalue weighted by atomic mass is 14.7. The molecule has 2 aliphatic carbocycles. The molecule has 0 aromatic heterocycles.